The van der Waals surface area contributed by atoms with E-state index in [1.165, 1.54) is 0 Å². The van der Waals surface area contributed by atoms with Crippen LogP contribution in [0.1, 0.15) is 0 Å². The molecule has 0 aliphatic rings. The largest absolute Gasteiger partial charge is 0.460 e. The molecule has 3 heteroatoms. The Hall–Kier alpha value is -0.920. The number of benzene rings is 1. The van der Waals surface area contributed by atoms with E-state index < -0.39 is 0 Å². The van der Waals surface area contributed by atoms with E-state index in [1.807, 2.05) is 0 Å². The Morgan fingerprint density at radius 2 is 2.08 bits per heavy atom. The molecule has 0 bridgehead atoms. The van der Waals surface area contributed by atoms with Gasteiger partial charge in [0.05, 0.1) is 6.26 Å². The molecule has 1 aromatic carbocycles. The minimum absolute atomic E-state index is 0.652. The molecule has 1 heterocycles. The first-order chi connectivity index (χ1) is 6.27. The van der Waals surface area contributed by atoms with Crippen molar-refractivity contribution in [1.29, 1.82) is 0 Å². The standard InChI is InChI=1S/C10H5Cl2O/c11-8-1-2-10(12)9(5-8)7-3-4-13-6-7/h1-3,5-6H. The topological polar surface area (TPSA) is 13.1 Å². The first-order valence-electron chi connectivity index (χ1n) is 3.67. The number of furan rings is 1. The minimum Gasteiger partial charge on any atom is -0.460 e. The van der Waals surface area contributed by atoms with Gasteiger partial charge in [-0.2, -0.15) is 0 Å². The van der Waals surface area contributed by atoms with Crippen molar-refractivity contribution in [1.82, 2.24) is 0 Å². The maximum atomic E-state index is 5.97. The van der Waals surface area contributed by atoms with Crippen LogP contribution in [-0.4, -0.2) is 0 Å². The first-order valence-corrected chi connectivity index (χ1v) is 4.43. The molecule has 0 amide bonds. The quantitative estimate of drug-likeness (QED) is 0.694. The fraction of sp³-hybridized carbons (Fsp3) is 0. The normalized spacial score (nSPS) is 10.3. The highest BCUT2D eigenvalue weighted by Gasteiger charge is 2.04. The summed E-state index contributed by atoms with van der Waals surface area (Å²) in [5.41, 5.74) is 1.74. The van der Waals surface area contributed by atoms with Crippen LogP contribution in [0.2, 0.25) is 10.0 Å². The summed E-state index contributed by atoms with van der Waals surface area (Å²) in [6, 6.07) is 7.02. The van der Waals surface area contributed by atoms with E-state index in [-0.39, 0.29) is 0 Å². The maximum absolute atomic E-state index is 5.97. The molecule has 65 valence electrons. The van der Waals surface area contributed by atoms with Gasteiger partial charge in [0.15, 0.2) is 6.26 Å². The van der Waals surface area contributed by atoms with Gasteiger partial charge in [-0.1, -0.05) is 23.2 Å². The predicted molar refractivity (Wildman–Crippen MR) is 53.0 cm³/mol. The zero-order valence-electron chi connectivity index (χ0n) is 6.55. The monoisotopic (exact) mass is 211 g/mol. The average molecular weight is 212 g/mol. The van der Waals surface area contributed by atoms with E-state index in [2.05, 4.69) is 6.26 Å². The lowest BCUT2D eigenvalue weighted by molar-refractivity contribution is 0.559. The van der Waals surface area contributed by atoms with E-state index >= 15 is 0 Å². The van der Waals surface area contributed by atoms with Crippen molar-refractivity contribution in [2.75, 3.05) is 0 Å². The summed E-state index contributed by atoms with van der Waals surface area (Å²) >= 11 is 11.8. The fourth-order valence-electron chi connectivity index (χ4n) is 1.09. The Labute approximate surface area is 85.9 Å². The Morgan fingerprint density at radius 1 is 1.23 bits per heavy atom. The van der Waals surface area contributed by atoms with Gasteiger partial charge in [0.1, 0.15) is 0 Å². The van der Waals surface area contributed by atoms with Crippen LogP contribution in [0.15, 0.2) is 34.9 Å². The van der Waals surface area contributed by atoms with E-state index in [4.69, 9.17) is 27.6 Å². The second kappa shape index (κ2) is 3.44. The van der Waals surface area contributed by atoms with Gasteiger partial charge < -0.3 is 4.42 Å². The molecule has 0 saturated heterocycles. The van der Waals surface area contributed by atoms with Gasteiger partial charge in [-0.15, -0.1) is 0 Å². The molecule has 0 fully saturated rings. The molecule has 2 aromatic rings. The molecular formula is C10H5Cl2O. The van der Waals surface area contributed by atoms with E-state index in [0.717, 1.165) is 11.1 Å². The summed E-state index contributed by atoms with van der Waals surface area (Å²) < 4.78 is 4.84. The molecule has 1 nitrogen and oxygen atoms in total. The molecule has 0 aliphatic carbocycles. The van der Waals surface area contributed by atoms with Crippen molar-refractivity contribution < 1.29 is 4.42 Å². The number of hydrogen-bond acceptors (Lipinski definition) is 1. The zero-order valence-corrected chi connectivity index (χ0v) is 8.06. The average Bonchev–Trinajstić information content (AvgIpc) is 2.61. The molecular weight excluding hydrogens is 207 g/mol. The van der Waals surface area contributed by atoms with E-state index in [1.54, 1.807) is 30.5 Å². The van der Waals surface area contributed by atoms with Crippen molar-refractivity contribution in [2.45, 2.75) is 0 Å². The summed E-state index contributed by atoms with van der Waals surface area (Å²) in [4.78, 5) is 0. The summed E-state index contributed by atoms with van der Waals surface area (Å²) in [5.74, 6) is 0. The smallest absolute Gasteiger partial charge is 0.169 e. The fourth-order valence-corrected chi connectivity index (χ4v) is 1.49. The maximum Gasteiger partial charge on any atom is 0.169 e. The van der Waals surface area contributed by atoms with Gasteiger partial charge in [-0.3, -0.25) is 0 Å². The third-order valence-corrected chi connectivity index (χ3v) is 2.27. The second-order valence-corrected chi connectivity index (χ2v) is 3.42. The van der Waals surface area contributed by atoms with Gasteiger partial charge in [0.25, 0.3) is 0 Å². The molecule has 0 atom stereocenters. The van der Waals surface area contributed by atoms with Gasteiger partial charge in [0, 0.05) is 21.2 Å². The molecule has 0 saturated carbocycles. The van der Waals surface area contributed by atoms with Gasteiger partial charge in [-0.05, 0) is 24.3 Å². The molecule has 1 aromatic heterocycles. The van der Waals surface area contributed by atoms with Crippen LogP contribution in [0.4, 0.5) is 0 Å². The van der Waals surface area contributed by atoms with Gasteiger partial charge >= 0.3 is 0 Å². The SMILES string of the molecule is Clc1ccc(Cl)c(-c2c[c]oc2)c1. The van der Waals surface area contributed by atoms with Crippen molar-refractivity contribution in [3.63, 3.8) is 0 Å². The lowest BCUT2D eigenvalue weighted by Gasteiger charge is -2.00. The Bertz CT molecular complexity index is 407. The number of hydrogen-bond donors (Lipinski definition) is 0. The highest BCUT2D eigenvalue weighted by Crippen LogP contribution is 2.30. The Kier molecular flexibility index (Phi) is 2.30. The van der Waals surface area contributed by atoms with Crippen LogP contribution in [0.25, 0.3) is 11.1 Å². The van der Waals surface area contributed by atoms with Crippen molar-refractivity contribution >= 4 is 23.2 Å². The van der Waals surface area contributed by atoms with Crippen molar-refractivity contribution in [3.05, 3.63) is 46.8 Å². The predicted octanol–water partition coefficient (Wildman–Crippen LogP) is 4.05. The van der Waals surface area contributed by atoms with E-state index in [0.29, 0.717) is 10.0 Å². The number of rotatable bonds is 1. The van der Waals surface area contributed by atoms with Crippen LogP contribution in [0.3, 0.4) is 0 Å². The molecule has 0 unspecified atom stereocenters. The molecule has 0 N–H and O–H groups in total. The Morgan fingerprint density at radius 3 is 2.77 bits per heavy atom. The summed E-state index contributed by atoms with van der Waals surface area (Å²) in [7, 11) is 0. The second-order valence-electron chi connectivity index (χ2n) is 2.58. The highest BCUT2D eigenvalue weighted by atomic mass is 35.5. The highest BCUT2D eigenvalue weighted by molar-refractivity contribution is 6.35. The first kappa shape index (κ1) is 8.67. The molecule has 1 radical (unpaired) electrons. The molecule has 0 spiro atoms. The third kappa shape index (κ3) is 1.71. The van der Waals surface area contributed by atoms with Gasteiger partial charge in [-0.25, -0.2) is 0 Å². The summed E-state index contributed by atoms with van der Waals surface area (Å²) in [6.07, 6.45) is 4.18. The van der Waals surface area contributed by atoms with E-state index in [9.17, 15) is 0 Å². The summed E-state index contributed by atoms with van der Waals surface area (Å²) in [5, 5.41) is 1.31. The molecule has 13 heavy (non-hydrogen) atoms. The third-order valence-electron chi connectivity index (χ3n) is 1.71. The lowest BCUT2D eigenvalue weighted by Crippen LogP contribution is -1.75. The Balaban J connectivity index is 2.57. The van der Waals surface area contributed by atoms with Crippen molar-refractivity contribution in [3.8, 4) is 11.1 Å². The zero-order chi connectivity index (χ0) is 9.26. The van der Waals surface area contributed by atoms with Crippen LogP contribution >= 0.6 is 23.2 Å². The van der Waals surface area contributed by atoms with Crippen LogP contribution < -0.4 is 0 Å². The minimum atomic E-state index is 0.652. The lowest BCUT2D eigenvalue weighted by atomic mass is 10.1. The van der Waals surface area contributed by atoms with Crippen LogP contribution in [0.5, 0.6) is 0 Å². The van der Waals surface area contributed by atoms with Crippen molar-refractivity contribution in [2.24, 2.45) is 0 Å². The van der Waals surface area contributed by atoms with Crippen LogP contribution in [-0.2, 0) is 0 Å². The summed E-state index contributed by atoms with van der Waals surface area (Å²) in [6.45, 7) is 0. The van der Waals surface area contributed by atoms with Crippen LogP contribution in [0, 0.1) is 6.26 Å². The molecule has 0 aliphatic heterocycles. The molecule has 2 rings (SSSR count). The van der Waals surface area contributed by atoms with Gasteiger partial charge in [0.2, 0.25) is 0 Å². The number of halogens is 2.